The van der Waals surface area contributed by atoms with Crippen molar-refractivity contribution in [2.45, 2.75) is 6.54 Å². The van der Waals surface area contributed by atoms with Crippen LogP contribution in [0, 0.1) is 0 Å². The van der Waals surface area contributed by atoms with E-state index in [1.54, 1.807) is 12.1 Å². The maximum atomic E-state index is 8.67. The number of rotatable bonds is 2. The Kier molecular flexibility index (Phi) is 8.30. The van der Waals surface area contributed by atoms with E-state index in [9.17, 15) is 0 Å². The monoisotopic (exact) mass is 224 g/mol. The molecule has 0 aromatic carbocycles. The summed E-state index contributed by atoms with van der Waals surface area (Å²) in [5.41, 5.74) is 6.40. The van der Waals surface area contributed by atoms with E-state index in [0.29, 0.717) is 12.0 Å². The van der Waals surface area contributed by atoms with Gasteiger partial charge in [0, 0.05) is 18.2 Å². The lowest BCUT2D eigenvalue weighted by atomic mass is 9.82. The SMILES string of the molecule is Cl.Cl.NCc1ccc(B(O)O)cn1. The van der Waals surface area contributed by atoms with Crippen LogP contribution >= 0.6 is 24.8 Å². The molecular formula is C6H11BCl2N2O2. The van der Waals surface area contributed by atoms with Gasteiger partial charge in [0.1, 0.15) is 0 Å². The molecule has 0 spiro atoms. The van der Waals surface area contributed by atoms with Crippen LogP contribution in [0.15, 0.2) is 18.3 Å². The lowest BCUT2D eigenvalue weighted by Gasteiger charge is -1.98. The standard InChI is InChI=1S/C6H9BN2O2.2ClH/c8-3-6-2-1-5(4-9-6)7(10)11;;/h1-2,4,10-11H,3,8H2;2*1H. The summed E-state index contributed by atoms with van der Waals surface area (Å²) in [7, 11) is -1.45. The molecule has 0 atom stereocenters. The Balaban J connectivity index is 0. The molecule has 74 valence electrons. The lowest BCUT2D eigenvalue weighted by Crippen LogP contribution is -2.30. The van der Waals surface area contributed by atoms with E-state index in [-0.39, 0.29) is 24.8 Å². The molecule has 0 radical (unpaired) electrons. The molecule has 4 N–H and O–H groups in total. The predicted molar refractivity (Wildman–Crippen MR) is 56.5 cm³/mol. The lowest BCUT2D eigenvalue weighted by molar-refractivity contribution is 0.425. The summed E-state index contributed by atoms with van der Waals surface area (Å²) < 4.78 is 0. The third kappa shape index (κ3) is 4.45. The molecule has 13 heavy (non-hydrogen) atoms. The zero-order valence-electron chi connectivity index (χ0n) is 6.75. The van der Waals surface area contributed by atoms with Gasteiger partial charge in [-0.05, 0) is 6.07 Å². The summed E-state index contributed by atoms with van der Waals surface area (Å²) in [6.07, 6.45) is 1.40. The minimum atomic E-state index is -1.45. The fraction of sp³-hybridized carbons (Fsp3) is 0.167. The van der Waals surface area contributed by atoms with Gasteiger partial charge in [-0.15, -0.1) is 24.8 Å². The zero-order chi connectivity index (χ0) is 8.27. The van der Waals surface area contributed by atoms with Gasteiger partial charge in [-0.3, -0.25) is 4.98 Å². The Bertz CT molecular complexity index is 233. The number of pyridine rings is 1. The van der Waals surface area contributed by atoms with Crippen LogP contribution in [-0.2, 0) is 6.54 Å². The molecule has 1 heterocycles. The van der Waals surface area contributed by atoms with Crippen molar-refractivity contribution < 1.29 is 10.0 Å². The van der Waals surface area contributed by atoms with Crippen LogP contribution in [0.2, 0.25) is 0 Å². The normalized spacial score (nSPS) is 8.23. The van der Waals surface area contributed by atoms with Crippen molar-refractivity contribution in [1.82, 2.24) is 4.98 Å². The Morgan fingerprint density at radius 3 is 2.23 bits per heavy atom. The molecule has 0 aliphatic carbocycles. The molecule has 4 nitrogen and oxygen atoms in total. The second-order valence-corrected chi connectivity index (χ2v) is 2.16. The van der Waals surface area contributed by atoms with Crippen molar-refractivity contribution >= 4 is 37.4 Å². The first-order valence-electron chi connectivity index (χ1n) is 3.25. The van der Waals surface area contributed by atoms with Crippen molar-refractivity contribution in [3.8, 4) is 0 Å². The maximum Gasteiger partial charge on any atom is 0.490 e. The minimum Gasteiger partial charge on any atom is -0.423 e. The summed E-state index contributed by atoms with van der Waals surface area (Å²) in [6.45, 7) is 0.363. The molecule has 0 amide bonds. The summed E-state index contributed by atoms with van der Waals surface area (Å²) in [5.74, 6) is 0. The minimum absolute atomic E-state index is 0. The van der Waals surface area contributed by atoms with E-state index in [1.807, 2.05) is 0 Å². The highest BCUT2D eigenvalue weighted by molar-refractivity contribution is 6.58. The summed E-state index contributed by atoms with van der Waals surface area (Å²) in [5, 5.41) is 17.3. The molecule has 0 aliphatic heterocycles. The van der Waals surface area contributed by atoms with Crippen molar-refractivity contribution in [1.29, 1.82) is 0 Å². The van der Waals surface area contributed by atoms with Crippen molar-refractivity contribution in [3.63, 3.8) is 0 Å². The molecule has 0 fully saturated rings. The highest BCUT2D eigenvalue weighted by atomic mass is 35.5. The van der Waals surface area contributed by atoms with Crippen molar-refractivity contribution in [3.05, 3.63) is 24.0 Å². The molecule has 0 saturated heterocycles. The van der Waals surface area contributed by atoms with Crippen LogP contribution in [0.5, 0.6) is 0 Å². The largest absolute Gasteiger partial charge is 0.490 e. The molecule has 1 aromatic heterocycles. The van der Waals surface area contributed by atoms with Gasteiger partial charge in [0.05, 0.1) is 5.69 Å². The average Bonchev–Trinajstić information content (AvgIpc) is 2.05. The van der Waals surface area contributed by atoms with Crippen LogP contribution in [0.1, 0.15) is 5.69 Å². The van der Waals surface area contributed by atoms with E-state index < -0.39 is 7.12 Å². The number of hydrogen-bond acceptors (Lipinski definition) is 4. The number of halogens is 2. The van der Waals surface area contributed by atoms with Gasteiger partial charge in [0.15, 0.2) is 0 Å². The smallest absolute Gasteiger partial charge is 0.423 e. The van der Waals surface area contributed by atoms with E-state index in [4.69, 9.17) is 15.8 Å². The van der Waals surface area contributed by atoms with Crippen molar-refractivity contribution in [2.75, 3.05) is 0 Å². The van der Waals surface area contributed by atoms with E-state index in [1.165, 1.54) is 6.20 Å². The summed E-state index contributed by atoms with van der Waals surface area (Å²) in [6, 6.07) is 3.24. The van der Waals surface area contributed by atoms with Gasteiger partial charge in [-0.2, -0.15) is 0 Å². The molecule has 0 unspecified atom stereocenters. The van der Waals surface area contributed by atoms with Crippen molar-refractivity contribution in [2.24, 2.45) is 5.73 Å². The second kappa shape index (κ2) is 7.11. The summed E-state index contributed by atoms with van der Waals surface area (Å²) in [4.78, 5) is 3.87. The van der Waals surface area contributed by atoms with E-state index >= 15 is 0 Å². The van der Waals surface area contributed by atoms with Crippen LogP contribution in [0.3, 0.4) is 0 Å². The first kappa shape index (κ1) is 15.2. The third-order valence-corrected chi connectivity index (χ3v) is 1.35. The van der Waals surface area contributed by atoms with Crippen LogP contribution in [-0.4, -0.2) is 22.2 Å². The second-order valence-electron chi connectivity index (χ2n) is 2.16. The van der Waals surface area contributed by atoms with Crippen LogP contribution in [0.25, 0.3) is 0 Å². The number of nitrogens with zero attached hydrogens (tertiary/aromatic N) is 1. The molecule has 7 heteroatoms. The van der Waals surface area contributed by atoms with E-state index in [0.717, 1.165) is 5.69 Å². The number of aromatic nitrogens is 1. The maximum absolute atomic E-state index is 8.67. The zero-order valence-corrected chi connectivity index (χ0v) is 8.38. The van der Waals surface area contributed by atoms with Crippen LogP contribution in [0.4, 0.5) is 0 Å². The van der Waals surface area contributed by atoms with E-state index in [2.05, 4.69) is 4.98 Å². The first-order chi connectivity index (χ1) is 5.24. The predicted octanol–water partition coefficient (Wildman–Crippen LogP) is -0.936. The van der Waals surface area contributed by atoms with Gasteiger partial charge in [0.2, 0.25) is 0 Å². The molecular weight excluding hydrogens is 214 g/mol. The Morgan fingerprint density at radius 1 is 1.31 bits per heavy atom. The Morgan fingerprint density at radius 2 is 1.92 bits per heavy atom. The number of nitrogens with two attached hydrogens (primary N) is 1. The molecule has 0 saturated carbocycles. The summed E-state index contributed by atoms with van der Waals surface area (Å²) >= 11 is 0. The van der Waals surface area contributed by atoms with Gasteiger partial charge in [-0.25, -0.2) is 0 Å². The quantitative estimate of drug-likeness (QED) is 0.567. The fourth-order valence-electron chi connectivity index (χ4n) is 0.709. The molecule has 0 bridgehead atoms. The Hall–Kier alpha value is -0.325. The highest BCUT2D eigenvalue weighted by Gasteiger charge is 2.09. The molecule has 1 rings (SSSR count). The molecule has 0 aliphatic rings. The third-order valence-electron chi connectivity index (χ3n) is 1.35. The first-order valence-corrected chi connectivity index (χ1v) is 3.25. The highest BCUT2D eigenvalue weighted by Crippen LogP contribution is 1.88. The molecule has 1 aromatic rings. The topological polar surface area (TPSA) is 79.4 Å². The van der Waals surface area contributed by atoms with Crippen LogP contribution < -0.4 is 11.2 Å². The van der Waals surface area contributed by atoms with Gasteiger partial charge in [0.25, 0.3) is 0 Å². The van der Waals surface area contributed by atoms with Gasteiger partial charge < -0.3 is 15.8 Å². The number of hydrogen-bond donors (Lipinski definition) is 3. The van der Waals surface area contributed by atoms with Gasteiger partial charge >= 0.3 is 7.12 Å². The average molecular weight is 225 g/mol. The van der Waals surface area contributed by atoms with Gasteiger partial charge in [-0.1, -0.05) is 6.07 Å². The Labute approximate surface area is 89.1 Å². The fourth-order valence-corrected chi connectivity index (χ4v) is 0.709.